The van der Waals surface area contributed by atoms with E-state index in [-0.39, 0.29) is 17.9 Å². The second kappa shape index (κ2) is 5.11. The summed E-state index contributed by atoms with van der Waals surface area (Å²) >= 11 is 0. The normalized spacial score (nSPS) is 21.9. The molecule has 0 aliphatic carbocycles. The number of halogens is 1. The van der Waals surface area contributed by atoms with Gasteiger partial charge in [0.2, 0.25) is 0 Å². The second-order valence-corrected chi connectivity index (χ2v) is 5.16. The number of carbonyl (C=O) groups is 2. The summed E-state index contributed by atoms with van der Waals surface area (Å²) in [6, 6.07) is 4.33. The lowest BCUT2D eigenvalue weighted by Crippen LogP contribution is -2.35. The summed E-state index contributed by atoms with van der Waals surface area (Å²) in [7, 11) is 1.32. The van der Waals surface area contributed by atoms with Crippen LogP contribution in [0, 0.1) is 11.2 Å². The zero-order valence-electron chi connectivity index (χ0n) is 11.4. The van der Waals surface area contributed by atoms with Crippen LogP contribution in [-0.2, 0) is 4.79 Å². The van der Waals surface area contributed by atoms with E-state index in [9.17, 15) is 14.0 Å². The van der Waals surface area contributed by atoms with Crippen LogP contribution in [0.2, 0.25) is 0 Å². The molecule has 0 aromatic heterocycles. The van der Waals surface area contributed by atoms with Crippen molar-refractivity contribution in [1.29, 1.82) is 0 Å². The summed E-state index contributed by atoms with van der Waals surface area (Å²) in [6.07, 6.45) is 0.361. The van der Waals surface area contributed by atoms with E-state index in [1.807, 2.05) is 0 Å². The van der Waals surface area contributed by atoms with Crippen molar-refractivity contribution in [2.45, 2.75) is 13.3 Å². The van der Waals surface area contributed by atoms with Crippen molar-refractivity contribution >= 4 is 11.9 Å². The highest BCUT2D eigenvalue weighted by Gasteiger charge is 2.42. The number of methoxy groups -OCH3 is 1. The van der Waals surface area contributed by atoms with Gasteiger partial charge in [0, 0.05) is 13.1 Å². The van der Waals surface area contributed by atoms with Gasteiger partial charge in [-0.05, 0) is 25.5 Å². The van der Waals surface area contributed by atoms with Crippen LogP contribution in [0.3, 0.4) is 0 Å². The molecule has 5 nitrogen and oxygen atoms in total. The lowest BCUT2D eigenvalue weighted by Gasteiger charge is -2.20. The molecular weight excluding hydrogens is 265 g/mol. The number of hydrogen-bond acceptors (Lipinski definition) is 3. The molecule has 1 unspecified atom stereocenters. The third-order valence-corrected chi connectivity index (χ3v) is 3.69. The summed E-state index contributed by atoms with van der Waals surface area (Å²) < 4.78 is 18.9. The highest BCUT2D eigenvalue weighted by atomic mass is 19.1. The average Bonchev–Trinajstić information content (AvgIpc) is 2.82. The average molecular weight is 281 g/mol. The maximum atomic E-state index is 14.0. The molecule has 0 radical (unpaired) electrons. The van der Waals surface area contributed by atoms with Gasteiger partial charge in [0.15, 0.2) is 11.6 Å². The Morgan fingerprint density at radius 2 is 2.15 bits per heavy atom. The van der Waals surface area contributed by atoms with Gasteiger partial charge in [0.1, 0.15) is 0 Å². The van der Waals surface area contributed by atoms with E-state index in [0.717, 1.165) is 0 Å². The molecule has 2 rings (SSSR count). The number of ether oxygens (including phenoxy) is 1. The Bertz CT molecular complexity index is 560. The number of nitrogens with zero attached hydrogens (tertiary/aromatic N) is 1. The highest BCUT2D eigenvalue weighted by Crippen LogP contribution is 2.32. The predicted molar refractivity (Wildman–Crippen MR) is 69.2 cm³/mol. The zero-order chi connectivity index (χ0) is 14.9. The van der Waals surface area contributed by atoms with E-state index in [1.165, 1.54) is 30.2 Å². The first-order valence-corrected chi connectivity index (χ1v) is 6.24. The quantitative estimate of drug-likeness (QED) is 0.917. The fourth-order valence-electron chi connectivity index (χ4n) is 2.31. The molecule has 1 fully saturated rings. The molecule has 6 heteroatoms. The van der Waals surface area contributed by atoms with Crippen molar-refractivity contribution in [2.75, 3.05) is 20.2 Å². The molecule has 0 spiro atoms. The molecular formula is C14H16FNO4. The van der Waals surface area contributed by atoms with Gasteiger partial charge in [-0.3, -0.25) is 9.59 Å². The molecule has 1 aliphatic heterocycles. The summed E-state index contributed by atoms with van der Waals surface area (Å²) in [6.45, 7) is 1.97. The Hall–Kier alpha value is -2.11. The number of likely N-dealkylation sites (tertiary alicyclic amines) is 1. The van der Waals surface area contributed by atoms with Crippen LogP contribution in [0.25, 0.3) is 0 Å². The van der Waals surface area contributed by atoms with Crippen molar-refractivity contribution in [1.82, 2.24) is 4.90 Å². The molecule has 1 heterocycles. The van der Waals surface area contributed by atoms with Crippen LogP contribution in [0.1, 0.15) is 23.7 Å². The monoisotopic (exact) mass is 281 g/mol. The lowest BCUT2D eigenvalue weighted by molar-refractivity contribution is -0.147. The first-order chi connectivity index (χ1) is 9.39. The molecule has 1 saturated heterocycles. The van der Waals surface area contributed by atoms with E-state index in [0.29, 0.717) is 13.0 Å². The Labute approximate surface area is 116 Å². The lowest BCUT2D eigenvalue weighted by atomic mass is 9.90. The summed E-state index contributed by atoms with van der Waals surface area (Å²) in [5, 5.41) is 9.15. The van der Waals surface area contributed by atoms with Crippen molar-refractivity contribution in [3.63, 3.8) is 0 Å². The smallest absolute Gasteiger partial charge is 0.311 e. The molecule has 1 atom stereocenters. The number of amides is 1. The minimum atomic E-state index is -0.967. The van der Waals surface area contributed by atoms with E-state index in [2.05, 4.69) is 0 Å². The van der Waals surface area contributed by atoms with Gasteiger partial charge in [-0.1, -0.05) is 6.07 Å². The third-order valence-electron chi connectivity index (χ3n) is 3.69. The number of hydrogen-bond donors (Lipinski definition) is 1. The fraction of sp³-hybridized carbons (Fsp3) is 0.429. The van der Waals surface area contributed by atoms with E-state index in [4.69, 9.17) is 9.84 Å². The minimum Gasteiger partial charge on any atom is -0.494 e. The molecule has 1 aromatic carbocycles. The number of aliphatic carboxylic acids is 1. The first-order valence-electron chi connectivity index (χ1n) is 6.24. The van der Waals surface area contributed by atoms with E-state index in [1.54, 1.807) is 6.92 Å². The van der Waals surface area contributed by atoms with Gasteiger partial charge in [0.25, 0.3) is 5.91 Å². The number of carboxylic acids is 1. The van der Waals surface area contributed by atoms with Gasteiger partial charge in [0.05, 0.1) is 18.1 Å². The number of carbonyl (C=O) groups excluding carboxylic acids is 1. The number of benzene rings is 1. The van der Waals surface area contributed by atoms with E-state index >= 15 is 0 Å². The van der Waals surface area contributed by atoms with Crippen molar-refractivity contribution in [3.8, 4) is 5.75 Å². The molecule has 108 valence electrons. The predicted octanol–water partition coefficient (Wildman–Crippen LogP) is 1.77. The standard InChI is InChI=1S/C14H16FNO4/c1-14(13(18)19)6-7-16(8-14)12(17)9-4-3-5-10(20-2)11(9)15/h3-5H,6-8H2,1-2H3,(H,18,19). The number of carboxylic acid groups (broad SMARTS) is 1. The van der Waals surface area contributed by atoms with Gasteiger partial charge in [-0.15, -0.1) is 0 Å². The van der Waals surface area contributed by atoms with Gasteiger partial charge in [-0.2, -0.15) is 0 Å². The van der Waals surface area contributed by atoms with Crippen molar-refractivity contribution in [2.24, 2.45) is 5.41 Å². The molecule has 0 saturated carbocycles. The SMILES string of the molecule is COc1cccc(C(=O)N2CCC(C)(C(=O)O)C2)c1F. The highest BCUT2D eigenvalue weighted by molar-refractivity contribution is 5.95. The second-order valence-electron chi connectivity index (χ2n) is 5.16. The molecule has 0 bridgehead atoms. The topological polar surface area (TPSA) is 66.8 Å². The van der Waals surface area contributed by atoms with E-state index < -0.39 is 23.1 Å². The summed E-state index contributed by atoms with van der Waals surface area (Å²) in [5.41, 5.74) is -1.07. The number of rotatable bonds is 3. The first kappa shape index (κ1) is 14.3. The Balaban J connectivity index is 2.24. The van der Waals surface area contributed by atoms with Crippen LogP contribution in [0.15, 0.2) is 18.2 Å². The third kappa shape index (κ3) is 2.33. The van der Waals surface area contributed by atoms with Crippen LogP contribution in [0.4, 0.5) is 4.39 Å². The maximum Gasteiger partial charge on any atom is 0.311 e. The Morgan fingerprint density at radius 3 is 2.70 bits per heavy atom. The van der Waals surface area contributed by atoms with Gasteiger partial charge in [-0.25, -0.2) is 4.39 Å². The summed E-state index contributed by atoms with van der Waals surface area (Å²) in [4.78, 5) is 24.8. The molecule has 1 aliphatic rings. The molecule has 1 aromatic rings. The largest absolute Gasteiger partial charge is 0.494 e. The maximum absolute atomic E-state index is 14.0. The minimum absolute atomic E-state index is 0.00366. The van der Waals surface area contributed by atoms with Crippen LogP contribution in [-0.4, -0.2) is 42.1 Å². The zero-order valence-corrected chi connectivity index (χ0v) is 11.4. The molecule has 20 heavy (non-hydrogen) atoms. The molecule has 1 amide bonds. The Kier molecular flexibility index (Phi) is 3.65. The molecule has 1 N–H and O–H groups in total. The van der Waals surface area contributed by atoms with Crippen molar-refractivity contribution < 1.29 is 23.8 Å². The van der Waals surface area contributed by atoms with Crippen molar-refractivity contribution in [3.05, 3.63) is 29.6 Å². The van der Waals surface area contributed by atoms with Gasteiger partial charge >= 0.3 is 5.97 Å². The van der Waals surface area contributed by atoms with Crippen LogP contribution >= 0.6 is 0 Å². The van der Waals surface area contributed by atoms with Crippen LogP contribution < -0.4 is 4.74 Å². The van der Waals surface area contributed by atoms with Crippen LogP contribution in [0.5, 0.6) is 5.75 Å². The fourth-order valence-corrected chi connectivity index (χ4v) is 2.31. The summed E-state index contributed by atoms with van der Waals surface area (Å²) in [5.74, 6) is -2.18. The van der Waals surface area contributed by atoms with Gasteiger partial charge < -0.3 is 14.7 Å². The Morgan fingerprint density at radius 1 is 1.45 bits per heavy atom.